The predicted molar refractivity (Wildman–Crippen MR) is 140 cm³/mol. The Morgan fingerprint density at radius 2 is 1.85 bits per heavy atom. The third-order valence-electron chi connectivity index (χ3n) is 7.41. The first-order valence-electron chi connectivity index (χ1n) is 12.4. The zero-order chi connectivity index (χ0) is 29.9. The minimum Gasteiger partial charge on any atom is -0.390 e. The van der Waals surface area contributed by atoms with Gasteiger partial charge in [-0.05, 0) is 66.3 Å². The number of hydrogen-bond donors (Lipinski definition) is 6. The van der Waals surface area contributed by atoms with Gasteiger partial charge in [0.1, 0.15) is 5.52 Å². The van der Waals surface area contributed by atoms with Crippen molar-refractivity contribution in [3.63, 3.8) is 0 Å². The van der Waals surface area contributed by atoms with Gasteiger partial charge in [-0.25, -0.2) is 4.52 Å². The fourth-order valence-electron chi connectivity index (χ4n) is 5.54. The van der Waals surface area contributed by atoms with Crippen LogP contribution in [-0.2, 0) is 26.3 Å². The molecule has 0 saturated heterocycles. The molecule has 0 amide bonds. The summed E-state index contributed by atoms with van der Waals surface area (Å²) in [6.45, 7) is -0.546. The van der Waals surface area contributed by atoms with Gasteiger partial charge in [0.25, 0.3) is 0 Å². The number of aliphatic hydroxyl groups excluding tert-OH is 2. The second-order valence-corrected chi connectivity index (χ2v) is 14.6. The van der Waals surface area contributed by atoms with Crippen LogP contribution in [0.2, 0.25) is 5.28 Å². The van der Waals surface area contributed by atoms with E-state index in [1.165, 1.54) is 10.6 Å². The van der Waals surface area contributed by atoms with Crippen LogP contribution in [0.5, 0.6) is 0 Å². The second kappa shape index (κ2) is 10.9. The number of alkyl halides is 3. The SMILES string of the molecule is O=P(O)(O)CP(=O)(O)OC[C@H]1C[C@@H](c2ccc3c(N[C@@H]4CCc5ccc(C(F)(F)F)cc54)nc(Cl)nn23)[C@H](O)[C@@H]1O. The van der Waals surface area contributed by atoms with Crippen molar-refractivity contribution in [2.75, 3.05) is 17.8 Å². The number of aromatic nitrogens is 3. The normalized spacial score (nSPS) is 26.3. The van der Waals surface area contributed by atoms with Gasteiger partial charge >= 0.3 is 21.4 Å². The predicted octanol–water partition coefficient (Wildman–Crippen LogP) is 3.66. The smallest absolute Gasteiger partial charge is 0.390 e. The van der Waals surface area contributed by atoms with Crippen molar-refractivity contribution in [2.45, 2.75) is 49.6 Å². The van der Waals surface area contributed by atoms with Gasteiger partial charge in [0.15, 0.2) is 11.7 Å². The van der Waals surface area contributed by atoms with E-state index in [4.69, 9.17) is 25.9 Å². The molecule has 5 rings (SSSR count). The van der Waals surface area contributed by atoms with Gasteiger partial charge in [-0.2, -0.15) is 18.2 Å². The number of benzene rings is 1. The molecule has 2 aliphatic carbocycles. The lowest BCUT2D eigenvalue weighted by Gasteiger charge is -2.19. The van der Waals surface area contributed by atoms with Crippen LogP contribution >= 0.6 is 26.8 Å². The highest BCUT2D eigenvalue weighted by atomic mass is 35.5. The molecule has 1 unspecified atom stereocenters. The van der Waals surface area contributed by atoms with E-state index in [1.54, 1.807) is 12.1 Å². The van der Waals surface area contributed by atoms with Crippen molar-refractivity contribution in [3.05, 3.63) is 58.0 Å². The highest BCUT2D eigenvalue weighted by Crippen LogP contribution is 2.56. The van der Waals surface area contributed by atoms with E-state index in [0.29, 0.717) is 29.6 Å². The summed E-state index contributed by atoms with van der Waals surface area (Å²) in [4.78, 5) is 31.9. The van der Waals surface area contributed by atoms with Crippen LogP contribution in [0.1, 0.15) is 47.2 Å². The Hall–Kier alpha value is -2.06. The minimum absolute atomic E-state index is 0.0605. The Morgan fingerprint density at radius 1 is 1.12 bits per heavy atom. The van der Waals surface area contributed by atoms with E-state index < -0.39 is 69.5 Å². The lowest BCUT2D eigenvalue weighted by molar-refractivity contribution is -0.137. The summed E-state index contributed by atoms with van der Waals surface area (Å²) in [6, 6.07) is 6.39. The van der Waals surface area contributed by atoms with Crippen molar-refractivity contribution >= 4 is 38.1 Å². The first-order valence-corrected chi connectivity index (χ1v) is 16.3. The number of fused-ring (bicyclic) bond motifs is 2. The van der Waals surface area contributed by atoms with E-state index in [0.717, 1.165) is 17.7 Å². The first-order chi connectivity index (χ1) is 19.0. The molecule has 41 heavy (non-hydrogen) atoms. The molecule has 0 aliphatic heterocycles. The second-order valence-electron chi connectivity index (χ2n) is 10.3. The molecule has 18 heteroatoms. The number of anilines is 1. The number of rotatable bonds is 8. The summed E-state index contributed by atoms with van der Waals surface area (Å²) >= 11 is 6.19. The van der Waals surface area contributed by atoms with Gasteiger partial charge in [-0.15, -0.1) is 5.10 Å². The molecule has 6 N–H and O–H groups in total. The fraction of sp³-hybridized carbons (Fsp3) is 0.478. The van der Waals surface area contributed by atoms with Gasteiger partial charge in [-0.3, -0.25) is 9.13 Å². The van der Waals surface area contributed by atoms with Crippen molar-refractivity contribution in [3.8, 4) is 0 Å². The van der Waals surface area contributed by atoms with E-state index in [2.05, 4.69) is 15.4 Å². The lowest BCUT2D eigenvalue weighted by Crippen LogP contribution is -2.29. The number of nitrogens with zero attached hydrogens (tertiary/aromatic N) is 3. The molecule has 1 aromatic carbocycles. The fourth-order valence-corrected chi connectivity index (χ4v) is 8.31. The van der Waals surface area contributed by atoms with E-state index >= 15 is 0 Å². The zero-order valence-corrected chi connectivity index (χ0v) is 23.6. The van der Waals surface area contributed by atoms with E-state index in [-0.39, 0.29) is 17.5 Å². The molecule has 2 aromatic heterocycles. The Balaban J connectivity index is 1.38. The maximum absolute atomic E-state index is 13.3. The summed E-state index contributed by atoms with van der Waals surface area (Å²) in [5.41, 5.74) is 1.35. The Bertz CT molecular complexity index is 1570. The van der Waals surface area contributed by atoms with Crippen molar-refractivity contribution < 1.29 is 51.7 Å². The number of hydrogen-bond acceptors (Lipinski definition) is 8. The monoisotopic (exact) mass is 640 g/mol. The average molecular weight is 641 g/mol. The van der Waals surface area contributed by atoms with Gasteiger partial charge < -0.3 is 34.7 Å². The Labute approximate surface area is 235 Å². The zero-order valence-electron chi connectivity index (χ0n) is 21.0. The molecule has 1 saturated carbocycles. The van der Waals surface area contributed by atoms with Crippen molar-refractivity contribution in [1.29, 1.82) is 0 Å². The third-order valence-corrected chi connectivity index (χ3v) is 11.0. The summed E-state index contributed by atoms with van der Waals surface area (Å²) in [5.74, 6) is -2.74. The minimum atomic E-state index is -4.84. The molecule has 3 aromatic rings. The summed E-state index contributed by atoms with van der Waals surface area (Å²) in [7, 11) is -9.50. The summed E-state index contributed by atoms with van der Waals surface area (Å²) < 4.78 is 69.3. The molecule has 1 fully saturated rings. The van der Waals surface area contributed by atoms with Crippen LogP contribution in [0, 0.1) is 5.92 Å². The standard InChI is InChI=1S/C23H26ClF3N4O8P2/c24-22-29-21(28-16-4-2-11-1-3-13(8-14(11)16)23(25,26)27)18-6-5-17(31(18)30-22)15-7-12(19(32)20(15)33)9-39-41(37,38)10-40(34,35)36/h1,3,5-6,8,12,15-16,19-20,32-33H,2,4,7,9-10H2,(H,37,38)(H,28,29,30)(H2,34,35,36)/t12-,15+,16-,19-,20+/m1/s1. The number of halogens is 4. The highest BCUT2D eigenvalue weighted by molar-refractivity contribution is 7.70. The number of nitrogens with one attached hydrogen (secondary N) is 1. The summed E-state index contributed by atoms with van der Waals surface area (Å²) in [5, 5.41) is 28.6. The maximum atomic E-state index is 13.3. The van der Waals surface area contributed by atoms with Gasteiger partial charge in [-0.1, -0.05) is 6.07 Å². The largest absolute Gasteiger partial charge is 0.416 e. The summed E-state index contributed by atoms with van der Waals surface area (Å²) in [6.07, 6.45) is -6.10. The molecular formula is C23H26ClF3N4O8P2. The molecule has 6 atom stereocenters. The lowest BCUT2D eigenvalue weighted by atomic mass is 10.0. The van der Waals surface area contributed by atoms with Gasteiger partial charge in [0.05, 0.1) is 30.4 Å². The maximum Gasteiger partial charge on any atom is 0.416 e. The van der Waals surface area contributed by atoms with Crippen LogP contribution in [0.4, 0.5) is 19.0 Å². The molecular weight excluding hydrogens is 615 g/mol. The van der Waals surface area contributed by atoms with E-state index in [1.807, 2.05) is 0 Å². The highest BCUT2D eigenvalue weighted by Gasteiger charge is 2.45. The number of aryl methyl sites for hydroxylation is 1. The van der Waals surface area contributed by atoms with E-state index in [9.17, 15) is 37.4 Å². The topological polar surface area (TPSA) is 187 Å². The van der Waals surface area contributed by atoms with Crippen molar-refractivity contribution in [1.82, 2.24) is 14.6 Å². The van der Waals surface area contributed by atoms with Crippen LogP contribution in [0.3, 0.4) is 0 Å². The molecule has 0 radical (unpaired) electrons. The van der Waals surface area contributed by atoms with Gasteiger partial charge in [0, 0.05) is 17.5 Å². The molecule has 2 heterocycles. The Kier molecular flexibility index (Phi) is 8.08. The van der Waals surface area contributed by atoms with Gasteiger partial charge in [0.2, 0.25) is 5.28 Å². The average Bonchev–Trinajstić information content (AvgIpc) is 3.52. The van der Waals surface area contributed by atoms with Crippen LogP contribution in [0.25, 0.3) is 5.52 Å². The van der Waals surface area contributed by atoms with Crippen molar-refractivity contribution in [2.24, 2.45) is 5.92 Å². The molecule has 224 valence electrons. The van der Waals surface area contributed by atoms with Crippen LogP contribution in [-0.4, -0.2) is 64.2 Å². The molecule has 0 spiro atoms. The van der Waals surface area contributed by atoms with Crippen LogP contribution < -0.4 is 5.32 Å². The van der Waals surface area contributed by atoms with Crippen LogP contribution in [0.15, 0.2) is 30.3 Å². The quantitative estimate of drug-likeness (QED) is 0.197. The first kappa shape index (κ1) is 30.4. The number of aliphatic hydroxyl groups is 2. The third kappa shape index (κ3) is 6.48. The molecule has 12 nitrogen and oxygen atoms in total. The Morgan fingerprint density at radius 3 is 2.54 bits per heavy atom. The molecule has 2 aliphatic rings. The molecule has 0 bridgehead atoms.